The largest absolute Gasteiger partial charge is 0.544 e. The molecule has 0 spiro atoms. The molecule has 0 unspecified atom stereocenters. The van der Waals surface area contributed by atoms with Gasteiger partial charge >= 0.3 is 0 Å². The van der Waals surface area contributed by atoms with Gasteiger partial charge in [-0.3, -0.25) is 4.79 Å². The number of carbonyl (C=O) groups excluding carboxylic acids is 2. The Labute approximate surface area is 139 Å². The van der Waals surface area contributed by atoms with Gasteiger partial charge in [-0.2, -0.15) is 0 Å². The van der Waals surface area contributed by atoms with Crippen molar-refractivity contribution in [3.8, 4) is 0 Å². The second kappa shape index (κ2) is 10.2. The number of aliphatic hydroxyl groups is 1. The number of ether oxygens (including phenoxy) is 1. The van der Waals surface area contributed by atoms with Gasteiger partial charge in [0.15, 0.2) is 0 Å². The molecule has 4 N–H and O–H groups in total. The molecule has 0 saturated heterocycles. The molecule has 0 aliphatic heterocycles. The lowest BCUT2D eigenvalue weighted by molar-refractivity contribution is -0.683. The van der Waals surface area contributed by atoms with Gasteiger partial charge in [-0.15, -0.1) is 0 Å². The van der Waals surface area contributed by atoms with Gasteiger partial charge in [0.25, 0.3) is 0 Å². The topological polar surface area (TPSA) is 115 Å². The Kier molecular flexibility index (Phi) is 8.57. The van der Waals surface area contributed by atoms with E-state index in [1.807, 2.05) is 6.92 Å². The molecule has 1 aromatic rings. The van der Waals surface area contributed by atoms with E-state index in [2.05, 4.69) is 5.32 Å². The highest BCUT2D eigenvalue weighted by atomic mass is 35.5. The summed E-state index contributed by atoms with van der Waals surface area (Å²) in [7, 11) is 0. The number of benzene rings is 1. The van der Waals surface area contributed by atoms with Crippen molar-refractivity contribution in [2.45, 2.75) is 19.4 Å². The average molecular weight is 345 g/mol. The van der Waals surface area contributed by atoms with E-state index in [1.165, 1.54) is 5.32 Å². The number of hydrogen-bond donors (Lipinski definition) is 3. The first-order chi connectivity index (χ1) is 10.9. The number of carbonyl (C=O) groups is 2. The first-order valence-electron chi connectivity index (χ1n) is 7.23. The van der Waals surface area contributed by atoms with E-state index in [-0.39, 0.29) is 26.2 Å². The number of rotatable bonds is 10. The van der Waals surface area contributed by atoms with Gasteiger partial charge in [0.1, 0.15) is 6.04 Å². The van der Waals surface area contributed by atoms with Gasteiger partial charge in [0.05, 0.1) is 38.8 Å². The molecule has 23 heavy (non-hydrogen) atoms. The Morgan fingerprint density at radius 2 is 2.17 bits per heavy atom. The number of nitrogens with two attached hydrogens (primary N) is 1. The van der Waals surface area contributed by atoms with Crippen LogP contribution in [0.1, 0.15) is 12.0 Å². The van der Waals surface area contributed by atoms with Crippen LogP contribution in [0.2, 0.25) is 5.02 Å². The van der Waals surface area contributed by atoms with Crippen molar-refractivity contribution in [1.29, 1.82) is 0 Å². The lowest BCUT2D eigenvalue weighted by atomic mass is 10.1. The molecule has 1 aromatic carbocycles. The van der Waals surface area contributed by atoms with Gasteiger partial charge in [-0.25, -0.2) is 0 Å². The van der Waals surface area contributed by atoms with Gasteiger partial charge in [-0.1, -0.05) is 17.7 Å². The maximum absolute atomic E-state index is 12.0. The third-order valence-corrected chi connectivity index (χ3v) is 3.37. The molecule has 0 saturated carbocycles. The van der Waals surface area contributed by atoms with Crippen LogP contribution in [0.25, 0.3) is 0 Å². The van der Waals surface area contributed by atoms with Crippen molar-refractivity contribution in [2.75, 3.05) is 31.7 Å². The summed E-state index contributed by atoms with van der Waals surface area (Å²) in [5.74, 6) is -1.75. The smallest absolute Gasteiger partial charge is 0.230 e. The molecule has 1 rings (SSSR count). The van der Waals surface area contributed by atoms with E-state index in [0.717, 1.165) is 5.56 Å². The highest BCUT2D eigenvalue weighted by Gasteiger charge is 2.18. The molecule has 8 heteroatoms. The maximum Gasteiger partial charge on any atom is 0.230 e. The Hall–Kier alpha value is -1.67. The number of aliphatic hydroxyl groups excluding tert-OH is 1. The van der Waals surface area contributed by atoms with E-state index in [4.69, 9.17) is 21.4 Å². The summed E-state index contributed by atoms with van der Waals surface area (Å²) in [6.07, 6.45) is -0.228. The number of amides is 1. The molecule has 0 radical (unpaired) electrons. The average Bonchev–Trinajstić information content (AvgIpc) is 2.49. The number of halogens is 1. The molecule has 0 aromatic heterocycles. The highest BCUT2D eigenvalue weighted by Crippen LogP contribution is 2.20. The summed E-state index contributed by atoms with van der Waals surface area (Å²) >= 11 is 5.87. The van der Waals surface area contributed by atoms with Crippen molar-refractivity contribution < 1.29 is 29.9 Å². The lowest BCUT2D eigenvalue weighted by Gasteiger charge is -2.17. The van der Waals surface area contributed by atoms with Crippen molar-refractivity contribution in [3.05, 3.63) is 28.8 Å². The summed E-state index contributed by atoms with van der Waals surface area (Å²) in [6.45, 7) is 2.54. The fourth-order valence-electron chi connectivity index (χ4n) is 1.91. The number of quaternary nitrogens is 1. The zero-order valence-electron chi connectivity index (χ0n) is 12.9. The van der Waals surface area contributed by atoms with Crippen LogP contribution in [0.5, 0.6) is 0 Å². The fraction of sp³-hybridized carbons (Fsp3) is 0.467. The third-order valence-electron chi connectivity index (χ3n) is 3.13. The van der Waals surface area contributed by atoms with E-state index < -0.39 is 17.9 Å². The van der Waals surface area contributed by atoms with Crippen molar-refractivity contribution >= 4 is 29.2 Å². The van der Waals surface area contributed by atoms with E-state index in [1.54, 1.807) is 18.2 Å². The molecule has 0 heterocycles. The summed E-state index contributed by atoms with van der Waals surface area (Å²) < 4.78 is 5.03. The second-order valence-electron chi connectivity index (χ2n) is 5.00. The second-order valence-corrected chi connectivity index (χ2v) is 5.43. The van der Waals surface area contributed by atoms with Crippen LogP contribution in [0.15, 0.2) is 18.2 Å². The monoisotopic (exact) mass is 344 g/mol. The predicted octanol–water partition coefficient (Wildman–Crippen LogP) is -1.33. The normalized spacial score (nSPS) is 12.0. The maximum atomic E-state index is 12.0. The van der Waals surface area contributed by atoms with Crippen LogP contribution in [0.4, 0.5) is 5.69 Å². The summed E-state index contributed by atoms with van der Waals surface area (Å²) in [6, 6.07) is 4.07. The molecule has 128 valence electrons. The molecule has 1 atom stereocenters. The van der Waals surface area contributed by atoms with Crippen LogP contribution >= 0.6 is 11.6 Å². The molecule has 7 nitrogen and oxygen atoms in total. The van der Waals surface area contributed by atoms with Crippen molar-refractivity contribution in [3.63, 3.8) is 0 Å². The van der Waals surface area contributed by atoms with Crippen LogP contribution in [0, 0.1) is 6.92 Å². The number of hydrogen-bond acceptors (Lipinski definition) is 5. The Morgan fingerprint density at radius 3 is 2.83 bits per heavy atom. The number of nitrogens with one attached hydrogen (secondary N) is 1. The number of aryl methyl sites for hydroxylation is 1. The number of carboxylic acid groups (broad SMARTS) is 1. The Balaban J connectivity index is 2.50. The van der Waals surface area contributed by atoms with Crippen molar-refractivity contribution in [2.24, 2.45) is 0 Å². The molecular weight excluding hydrogens is 324 g/mol. The van der Waals surface area contributed by atoms with E-state index >= 15 is 0 Å². The van der Waals surface area contributed by atoms with Crippen LogP contribution in [-0.4, -0.2) is 49.4 Å². The van der Waals surface area contributed by atoms with Gasteiger partial charge in [0.2, 0.25) is 5.91 Å². The summed E-state index contributed by atoms with van der Waals surface area (Å²) in [5.41, 5.74) is 1.38. The first kappa shape index (κ1) is 19.4. The zero-order valence-corrected chi connectivity index (χ0v) is 13.6. The predicted molar refractivity (Wildman–Crippen MR) is 82.9 cm³/mol. The van der Waals surface area contributed by atoms with Crippen LogP contribution in [0.3, 0.4) is 0 Å². The lowest BCUT2D eigenvalue weighted by Crippen LogP contribution is -2.94. The fourth-order valence-corrected chi connectivity index (χ4v) is 2.08. The minimum absolute atomic E-state index is 0.0920. The van der Waals surface area contributed by atoms with Gasteiger partial charge in [0, 0.05) is 10.7 Å². The number of aliphatic carboxylic acids is 1. The summed E-state index contributed by atoms with van der Waals surface area (Å²) in [5, 5.41) is 24.3. The number of anilines is 1. The van der Waals surface area contributed by atoms with E-state index in [0.29, 0.717) is 17.3 Å². The van der Waals surface area contributed by atoms with Crippen LogP contribution < -0.4 is 15.7 Å². The molecule has 1 amide bonds. The summed E-state index contributed by atoms with van der Waals surface area (Å²) in [4.78, 5) is 23.1. The van der Waals surface area contributed by atoms with Gasteiger partial charge < -0.3 is 30.4 Å². The minimum Gasteiger partial charge on any atom is -0.544 e. The van der Waals surface area contributed by atoms with Gasteiger partial charge in [-0.05, 0) is 24.6 Å². The quantitative estimate of drug-likeness (QED) is 0.455. The Bertz CT molecular complexity index is 539. The molecule has 0 bridgehead atoms. The first-order valence-corrected chi connectivity index (χ1v) is 7.60. The zero-order chi connectivity index (χ0) is 17.2. The standard InChI is InChI=1S/C15H21ClN2O5/c1-10-2-3-11(16)8-12(10)18-14(20)9-13(15(21)22)17-4-6-23-7-5-19/h2-3,8,13,17,19H,4-7,9H2,1H3,(H,18,20)(H,21,22)/t13-/m1/s1. The Morgan fingerprint density at radius 1 is 1.43 bits per heavy atom. The molecular formula is C15H21ClN2O5. The van der Waals surface area contributed by atoms with E-state index in [9.17, 15) is 14.7 Å². The van der Waals surface area contributed by atoms with Crippen LogP contribution in [-0.2, 0) is 14.3 Å². The SMILES string of the molecule is Cc1ccc(Cl)cc1NC(=O)C[C@@H]([NH2+]CCOCCO)C(=O)[O-]. The van der Waals surface area contributed by atoms with Crippen molar-refractivity contribution in [1.82, 2.24) is 0 Å². The molecule has 0 aliphatic carbocycles. The molecule has 0 aliphatic rings. The third kappa shape index (κ3) is 7.43. The number of carboxylic acids is 1. The minimum atomic E-state index is -1.31. The highest BCUT2D eigenvalue weighted by molar-refractivity contribution is 6.31. The molecule has 0 fully saturated rings.